The Balaban J connectivity index is 2.25. The Kier molecular flexibility index (Phi) is 5.09. The zero-order chi connectivity index (χ0) is 15.2. The number of benzene rings is 2. The van der Waals surface area contributed by atoms with Crippen LogP contribution in [0.5, 0.6) is 0 Å². The van der Waals surface area contributed by atoms with Crippen molar-refractivity contribution in [2.75, 3.05) is 5.32 Å². The molecule has 0 spiro atoms. The Hall–Kier alpha value is -2.16. The second-order valence-corrected chi connectivity index (χ2v) is 5.24. The van der Waals surface area contributed by atoms with Gasteiger partial charge in [-0.3, -0.25) is 4.79 Å². The molecule has 110 valence electrons. The summed E-state index contributed by atoms with van der Waals surface area (Å²) in [4.78, 5) is 12.6. The molecule has 2 aromatic carbocycles. The molecule has 21 heavy (non-hydrogen) atoms. The maximum Gasteiger partial charge on any atom is 0.232 e. The number of carbonyl (C=O) groups is 1. The van der Waals surface area contributed by atoms with Gasteiger partial charge in [0.1, 0.15) is 5.82 Å². The lowest BCUT2D eigenvalue weighted by Crippen LogP contribution is -2.26. The summed E-state index contributed by atoms with van der Waals surface area (Å²) in [5.41, 5.74) is 1.19. The zero-order valence-electron chi connectivity index (χ0n) is 12.3. The summed E-state index contributed by atoms with van der Waals surface area (Å²) < 4.78 is 13.7. The van der Waals surface area contributed by atoms with E-state index in [-0.39, 0.29) is 23.4 Å². The molecule has 0 bridgehead atoms. The third-order valence-electron chi connectivity index (χ3n) is 3.79. The number of para-hydroxylation sites is 1. The number of amides is 1. The van der Waals surface area contributed by atoms with Crippen molar-refractivity contribution < 1.29 is 9.18 Å². The molecule has 1 N–H and O–H groups in total. The van der Waals surface area contributed by atoms with Crippen LogP contribution >= 0.6 is 0 Å². The van der Waals surface area contributed by atoms with Crippen molar-refractivity contribution >= 4 is 11.6 Å². The Labute approximate surface area is 125 Å². The fourth-order valence-electron chi connectivity index (χ4n) is 2.41. The first kappa shape index (κ1) is 15.2. The number of halogens is 1. The van der Waals surface area contributed by atoms with Gasteiger partial charge in [0.25, 0.3) is 0 Å². The van der Waals surface area contributed by atoms with Crippen LogP contribution in [0.3, 0.4) is 0 Å². The number of nitrogens with one attached hydrogen (secondary N) is 1. The lowest BCUT2D eigenvalue weighted by Gasteiger charge is -2.23. The number of carbonyl (C=O) groups excluding carboxylic acids is 1. The van der Waals surface area contributed by atoms with Gasteiger partial charge in [-0.25, -0.2) is 4.39 Å². The smallest absolute Gasteiger partial charge is 0.232 e. The first-order valence-corrected chi connectivity index (χ1v) is 7.23. The van der Waals surface area contributed by atoms with E-state index < -0.39 is 5.82 Å². The molecular formula is C18H20FNO. The van der Waals surface area contributed by atoms with E-state index in [1.165, 1.54) is 6.07 Å². The van der Waals surface area contributed by atoms with Crippen molar-refractivity contribution in [2.45, 2.75) is 26.2 Å². The van der Waals surface area contributed by atoms with Gasteiger partial charge in [0.2, 0.25) is 5.91 Å². The molecule has 2 aromatic rings. The summed E-state index contributed by atoms with van der Waals surface area (Å²) in [6, 6.07) is 15.9. The van der Waals surface area contributed by atoms with Crippen molar-refractivity contribution in [3.05, 3.63) is 66.0 Å². The molecule has 2 nitrogen and oxygen atoms in total. The monoisotopic (exact) mass is 285 g/mol. The minimum atomic E-state index is -0.415. The Bertz CT molecular complexity index is 597. The van der Waals surface area contributed by atoms with E-state index in [2.05, 4.69) is 12.2 Å². The number of rotatable bonds is 5. The molecule has 1 amide bonds. The zero-order valence-corrected chi connectivity index (χ0v) is 12.3. The third-order valence-corrected chi connectivity index (χ3v) is 3.79. The van der Waals surface area contributed by atoms with Crippen molar-refractivity contribution in [3.63, 3.8) is 0 Å². The normalized spacial score (nSPS) is 13.5. The molecule has 2 rings (SSSR count). The summed E-state index contributed by atoms with van der Waals surface area (Å²) in [6.45, 7) is 4.09. The van der Waals surface area contributed by atoms with Crippen molar-refractivity contribution in [3.8, 4) is 0 Å². The minimum Gasteiger partial charge on any atom is -0.323 e. The number of anilines is 1. The van der Waals surface area contributed by atoms with Gasteiger partial charge < -0.3 is 5.32 Å². The Morgan fingerprint density at radius 2 is 1.71 bits per heavy atom. The van der Waals surface area contributed by atoms with Gasteiger partial charge in [0, 0.05) is 0 Å². The molecule has 0 saturated carbocycles. The molecule has 0 aliphatic heterocycles. The lowest BCUT2D eigenvalue weighted by atomic mass is 9.85. The predicted octanol–water partition coefficient (Wildman–Crippen LogP) is 4.59. The average molecular weight is 285 g/mol. The van der Waals surface area contributed by atoms with Crippen molar-refractivity contribution in [1.82, 2.24) is 0 Å². The molecule has 2 unspecified atom stereocenters. The topological polar surface area (TPSA) is 29.1 Å². The molecule has 0 aliphatic rings. The summed E-state index contributed by atoms with van der Waals surface area (Å²) in [6.07, 6.45) is 0.879. The van der Waals surface area contributed by atoms with E-state index in [9.17, 15) is 9.18 Å². The van der Waals surface area contributed by atoms with Gasteiger partial charge in [0.05, 0.1) is 11.6 Å². The molecule has 0 radical (unpaired) electrons. The van der Waals surface area contributed by atoms with Gasteiger partial charge in [-0.1, -0.05) is 62.7 Å². The van der Waals surface area contributed by atoms with E-state index in [4.69, 9.17) is 0 Å². The first-order valence-electron chi connectivity index (χ1n) is 7.23. The van der Waals surface area contributed by atoms with Crippen LogP contribution in [0.1, 0.15) is 31.7 Å². The van der Waals surface area contributed by atoms with Crippen LogP contribution in [-0.2, 0) is 4.79 Å². The van der Waals surface area contributed by atoms with Crippen LogP contribution in [0.15, 0.2) is 54.6 Å². The van der Waals surface area contributed by atoms with Crippen LogP contribution in [0.4, 0.5) is 10.1 Å². The molecule has 0 aromatic heterocycles. The van der Waals surface area contributed by atoms with Gasteiger partial charge in [-0.2, -0.15) is 0 Å². The van der Waals surface area contributed by atoms with Crippen LogP contribution < -0.4 is 5.32 Å². The van der Waals surface area contributed by atoms with Gasteiger partial charge >= 0.3 is 0 Å². The average Bonchev–Trinajstić information content (AvgIpc) is 2.50. The highest BCUT2D eigenvalue weighted by Crippen LogP contribution is 2.28. The molecule has 2 atom stereocenters. The maximum absolute atomic E-state index is 13.7. The van der Waals surface area contributed by atoms with E-state index in [0.717, 1.165) is 12.0 Å². The minimum absolute atomic E-state index is 0.166. The van der Waals surface area contributed by atoms with Crippen molar-refractivity contribution in [1.29, 1.82) is 0 Å². The number of hydrogen-bond acceptors (Lipinski definition) is 1. The first-order chi connectivity index (χ1) is 10.1. The summed E-state index contributed by atoms with van der Waals surface area (Å²) >= 11 is 0. The van der Waals surface area contributed by atoms with Gasteiger partial charge in [-0.15, -0.1) is 0 Å². The third kappa shape index (κ3) is 3.69. The second-order valence-electron chi connectivity index (χ2n) is 5.24. The molecular weight excluding hydrogens is 265 g/mol. The fourth-order valence-corrected chi connectivity index (χ4v) is 2.41. The second kappa shape index (κ2) is 7.02. The summed E-state index contributed by atoms with van der Waals surface area (Å²) in [5.74, 6) is -0.683. The molecule has 0 heterocycles. The fraction of sp³-hybridized carbons (Fsp3) is 0.278. The summed E-state index contributed by atoms with van der Waals surface area (Å²) in [5, 5.41) is 2.71. The lowest BCUT2D eigenvalue weighted by molar-refractivity contribution is -0.118. The molecule has 3 heteroatoms. The predicted molar refractivity (Wildman–Crippen MR) is 83.7 cm³/mol. The van der Waals surface area contributed by atoms with Crippen LogP contribution in [-0.4, -0.2) is 5.91 Å². The standard InChI is InChI=1S/C18H20FNO/c1-3-13(2)17(14-9-5-4-6-10-14)18(21)20-16-12-8-7-11-15(16)19/h4-13,17H,3H2,1-2H3,(H,20,21). The molecule has 0 aliphatic carbocycles. The highest BCUT2D eigenvalue weighted by atomic mass is 19.1. The Morgan fingerprint density at radius 1 is 1.10 bits per heavy atom. The van der Waals surface area contributed by atoms with Crippen LogP contribution in [0.2, 0.25) is 0 Å². The van der Waals surface area contributed by atoms with E-state index in [1.54, 1.807) is 18.2 Å². The van der Waals surface area contributed by atoms with Crippen LogP contribution in [0, 0.1) is 11.7 Å². The molecule has 0 fully saturated rings. The summed E-state index contributed by atoms with van der Waals surface area (Å²) in [7, 11) is 0. The van der Waals surface area contributed by atoms with E-state index in [1.807, 2.05) is 37.3 Å². The van der Waals surface area contributed by atoms with E-state index >= 15 is 0 Å². The van der Waals surface area contributed by atoms with Crippen LogP contribution in [0.25, 0.3) is 0 Å². The largest absolute Gasteiger partial charge is 0.323 e. The van der Waals surface area contributed by atoms with E-state index in [0.29, 0.717) is 0 Å². The number of hydrogen-bond donors (Lipinski definition) is 1. The van der Waals surface area contributed by atoms with Crippen molar-refractivity contribution in [2.24, 2.45) is 5.92 Å². The quantitative estimate of drug-likeness (QED) is 0.855. The van der Waals surface area contributed by atoms with Gasteiger partial charge in [-0.05, 0) is 23.6 Å². The maximum atomic E-state index is 13.7. The highest BCUT2D eigenvalue weighted by Gasteiger charge is 2.26. The Morgan fingerprint density at radius 3 is 2.33 bits per heavy atom. The molecule has 0 saturated heterocycles. The highest BCUT2D eigenvalue weighted by molar-refractivity contribution is 5.96. The van der Waals surface area contributed by atoms with Gasteiger partial charge in [0.15, 0.2) is 0 Å². The SMILES string of the molecule is CCC(C)C(C(=O)Nc1ccccc1F)c1ccccc1.